The first-order chi connectivity index (χ1) is 10.8. The summed E-state index contributed by atoms with van der Waals surface area (Å²) >= 11 is 0. The largest absolute Gasteiger partial charge is 0.371 e. The van der Waals surface area contributed by atoms with Crippen LogP contribution >= 0.6 is 0 Å². The fraction of sp³-hybridized carbons (Fsp3) is 1.00. The van der Waals surface area contributed by atoms with Gasteiger partial charge >= 0.3 is 0 Å². The molecule has 0 bridgehead atoms. The molecule has 2 atom stereocenters. The van der Waals surface area contributed by atoms with Gasteiger partial charge in [-0.2, -0.15) is 0 Å². The maximum atomic E-state index is 6.86. The highest BCUT2D eigenvalue weighted by Crippen LogP contribution is 2.42. The molecule has 1 heterocycles. The first kappa shape index (κ1) is 18.3. The second-order valence-corrected chi connectivity index (χ2v) is 8.04. The van der Waals surface area contributed by atoms with Gasteiger partial charge in [-0.05, 0) is 44.4 Å². The van der Waals surface area contributed by atoms with Gasteiger partial charge in [0, 0.05) is 0 Å². The van der Waals surface area contributed by atoms with Gasteiger partial charge in [0.05, 0.1) is 11.7 Å². The molecule has 0 spiro atoms. The maximum absolute atomic E-state index is 6.86. The number of fused-ring (bicyclic) bond motifs is 1. The molecule has 0 N–H and O–H groups in total. The van der Waals surface area contributed by atoms with Gasteiger partial charge in [0.2, 0.25) is 0 Å². The minimum atomic E-state index is 0.238. The number of hydrogen-bond acceptors (Lipinski definition) is 1. The minimum Gasteiger partial charge on any atom is -0.371 e. The summed E-state index contributed by atoms with van der Waals surface area (Å²) in [6, 6.07) is 0. The van der Waals surface area contributed by atoms with Crippen LogP contribution in [0.4, 0.5) is 0 Å². The Bertz CT molecular complexity index is 280. The fourth-order valence-electron chi connectivity index (χ4n) is 4.95. The molecule has 0 radical (unpaired) electrons. The van der Waals surface area contributed by atoms with Gasteiger partial charge in [0.25, 0.3) is 0 Å². The monoisotopic (exact) mass is 308 g/mol. The second-order valence-electron chi connectivity index (χ2n) is 8.04. The Kier molecular flexibility index (Phi) is 8.28. The lowest BCUT2D eigenvalue weighted by Gasteiger charge is -2.46. The van der Waals surface area contributed by atoms with Gasteiger partial charge in [-0.1, -0.05) is 78.1 Å². The van der Waals surface area contributed by atoms with Crippen LogP contribution in [0.25, 0.3) is 0 Å². The van der Waals surface area contributed by atoms with E-state index < -0.39 is 0 Å². The Balaban J connectivity index is 1.96. The molecule has 130 valence electrons. The Morgan fingerprint density at radius 2 is 1.27 bits per heavy atom. The van der Waals surface area contributed by atoms with Crippen LogP contribution in [0.3, 0.4) is 0 Å². The molecule has 2 aliphatic rings. The van der Waals surface area contributed by atoms with Gasteiger partial charge in [0.15, 0.2) is 0 Å². The zero-order valence-electron chi connectivity index (χ0n) is 15.4. The van der Waals surface area contributed by atoms with E-state index in [-0.39, 0.29) is 5.60 Å². The third-order valence-electron chi connectivity index (χ3n) is 6.12. The van der Waals surface area contributed by atoms with Crippen molar-refractivity contribution in [2.45, 2.75) is 128 Å². The molecule has 0 aromatic rings. The zero-order valence-corrected chi connectivity index (χ0v) is 15.4. The topological polar surface area (TPSA) is 9.23 Å². The quantitative estimate of drug-likeness (QED) is 0.541. The fourth-order valence-corrected chi connectivity index (χ4v) is 4.95. The van der Waals surface area contributed by atoms with Crippen LogP contribution in [-0.4, -0.2) is 11.7 Å². The van der Waals surface area contributed by atoms with E-state index in [0.29, 0.717) is 6.10 Å². The standard InChI is InChI=1S/C21H40O/c1-3-16-21(17-4-2)18-15-19-13-11-9-7-5-6-8-10-12-14-20(19)22-21/h19-20H,3-18H2,1-2H3. The van der Waals surface area contributed by atoms with Crippen LogP contribution in [0.2, 0.25) is 0 Å². The summed E-state index contributed by atoms with van der Waals surface area (Å²) in [6.45, 7) is 4.65. The lowest BCUT2D eigenvalue weighted by atomic mass is 9.77. The van der Waals surface area contributed by atoms with Gasteiger partial charge in [-0.25, -0.2) is 0 Å². The van der Waals surface area contributed by atoms with Crippen LogP contribution in [-0.2, 0) is 4.74 Å². The number of rotatable bonds is 4. The third kappa shape index (κ3) is 5.55. The predicted octanol–water partition coefficient (Wildman–Crippen LogP) is 7.04. The van der Waals surface area contributed by atoms with E-state index in [4.69, 9.17) is 4.74 Å². The van der Waals surface area contributed by atoms with E-state index in [9.17, 15) is 0 Å². The molecule has 2 unspecified atom stereocenters. The van der Waals surface area contributed by atoms with E-state index in [1.54, 1.807) is 0 Å². The van der Waals surface area contributed by atoms with E-state index in [1.165, 1.54) is 103 Å². The lowest BCUT2D eigenvalue weighted by molar-refractivity contribution is -0.165. The van der Waals surface area contributed by atoms with Crippen molar-refractivity contribution in [3.05, 3.63) is 0 Å². The van der Waals surface area contributed by atoms with Crippen molar-refractivity contribution in [3.8, 4) is 0 Å². The molecule has 0 aromatic carbocycles. The first-order valence-corrected chi connectivity index (χ1v) is 10.5. The average molecular weight is 309 g/mol. The van der Waals surface area contributed by atoms with Crippen molar-refractivity contribution in [1.29, 1.82) is 0 Å². The Labute approximate surface area is 139 Å². The summed E-state index contributed by atoms with van der Waals surface area (Å²) in [7, 11) is 0. The van der Waals surface area contributed by atoms with Crippen molar-refractivity contribution >= 4 is 0 Å². The molecule has 1 aliphatic heterocycles. The molecule has 1 nitrogen and oxygen atoms in total. The highest BCUT2D eigenvalue weighted by Gasteiger charge is 2.39. The van der Waals surface area contributed by atoms with Gasteiger partial charge in [-0.3, -0.25) is 0 Å². The molecule has 1 heteroatoms. The third-order valence-corrected chi connectivity index (χ3v) is 6.12. The first-order valence-electron chi connectivity index (χ1n) is 10.5. The van der Waals surface area contributed by atoms with Crippen LogP contribution in [0.1, 0.15) is 117 Å². The molecule has 1 aliphatic carbocycles. The van der Waals surface area contributed by atoms with Crippen LogP contribution < -0.4 is 0 Å². The lowest BCUT2D eigenvalue weighted by Crippen LogP contribution is -2.45. The smallest absolute Gasteiger partial charge is 0.0686 e. The molecule has 0 amide bonds. The number of ether oxygens (including phenoxy) is 1. The molecule has 2 fully saturated rings. The van der Waals surface area contributed by atoms with E-state index in [1.807, 2.05) is 0 Å². The van der Waals surface area contributed by atoms with Crippen molar-refractivity contribution < 1.29 is 4.74 Å². The van der Waals surface area contributed by atoms with E-state index >= 15 is 0 Å². The summed E-state index contributed by atoms with van der Waals surface area (Å²) in [5, 5.41) is 0. The summed E-state index contributed by atoms with van der Waals surface area (Å²) in [5.74, 6) is 0.862. The van der Waals surface area contributed by atoms with Gasteiger partial charge < -0.3 is 4.74 Å². The molecular weight excluding hydrogens is 268 g/mol. The van der Waals surface area contributed by atoms with Crippen LogP contribution in [0.5, 0.6) is 0 Å². The van der Waals surface area contributed by atoms with Crippen molar-refractivity contribution in [2.24, 2.45) is 5.92 Å². The molecule has 2 rings (SSSR count). The maximum Gasteiger partial charge on any atom is 0.0686 e. The van der Waals surface area contributed by atoms with Crippen molar-refractivity contribution in [1.82, 2.24) is 0 Å². The van der Waals surface area contributed by atoms with Gasteiger partial charge in [-0.15, -0.1) is 0 Å². The molecule has 22 heavy (non-hydrogen) atoms. The number of hydrogen-bond donors (Lipinski definition) is 0. The molecule has 0 aromatic heterocycles. The van der Waals surface area contributed by atoms with Crippen LogP contribution in [0, 0.1) is 5.92 Å². The average Bonchev–Trinajstić information content (AvgIpc) is 2.49. The molecular formula is C21H40O. The summed E-state index contributed by atoms with van der Waals surface area (Å²) < 4.78 is 6.86. The SMILES string of the molecule is CCCC1(CCC)CCC2CCCCCCCCCCC2O1. The summed E-state index contributed by atoms with van der Waals surface area (Å²) in [4.78, 5) is 0. The summed E-state index contributed by atoms with van der Waals surface area (Å²) in [5.41, 5.74) is 0.238. The highest BCUT2D eigenvalue weighted by atomic mass is 16.5. The van der Waals surface area contributed by atoms with Crippen molar-refractivity contribution in [2.75, 3.05) is 0 Å². The molecule has 1 saturated carbocycles. The highest BCUT2D eigenvalue weighted by molar-refractivity contribution is 4.89. The Morgan fingerprint density at radius 3 is 1.86 bits per heavy atom. The second kappa shape index (κ2) is 9.96. The van der Waals surface area contributed by atoms with Crippen molar-refractivity contribution in [3.63, 3.8) is 0 Å². The van der Waals surface area contributed by atoms with Crippen LogP contribution in [0.15, 0.2) is 0 Å². The Morgan fingerprint density at radius 1 is 0.727 bits per heavy atom. The van der Waals surface area contributed by atoms with Gasteiger partial charge in [0.1, 0.15) is 0 Å². The van der Waals surface area contributed by atoms with E-state index in [2.05, 4.69) is 13.8 Å². The Hall–Kier alpha value is -0.0400. The summed E-state index contributed by atoms with van der Waals surface area (Å²) in [6.07, 6.45) is 22.8. The minimum absolute atomic E-state index is 0.238. The van der Waals surface area contributed by atoms with E-state index in [0.717, 1.165) is 5.92 Å². The zero-order chi connectivity index (χ0) is 15.7. The normalized spacial score (nSPS) is 30.8. The predicted molar refractivity (Wildman–Crippen MR) is 96.3 cm³/mol. The molecule has 1 saturated heterocycles.